The van der Waals surface area contributed by atoms with E-state index in [4.69, 9.17) is 0 Å². The van der Waals surface area contributed by atoms with Crippen LogP contribution < -0.4 is 10.6 Å². The van der Waals surface area contributed by atoms with Crippen molar-refractivity contribution in [3.05, 3.63) is 35.9 Å². The molecule has 4 heteroatoms. The number of hydrogen-bond donors (Lipinski definition) is 3. The van der Waals surface area contributed by atoms with Crippen molar-refractivity contribution < 1.29 is 9.90 Å². The third-order valence-corrected chi connectivity index (χ3v) is 4.08. The van der Waals surface area contributed by atoms with Gasteiger partial charge < -0.3 is 15.7 Å². The molecule has 1 saturated carbocycles. The zero-order chi connectivity index (χ0) is 14.9. The summed E-state index contributed by atoms with van der Waals surface area (Å²) in [5.41, 5.74) is 1.09. The standard InChI is InChI=1S/C17H26N2O2/c20-16(10-14-6-4-5-7-14)12-18-13-17(21)19-11-15-8-2-1-3-9-15/h1-3,8-9,14,16,18,20H,4-7,10-13H2,(H,19,21). The highest BCUT2D eigenvalue weighted by Crippen LogP contribution is 2.28. The molecule has 0 saturated heterocycles. The molecule has 0 aliphatic heterocycles. The molecule has 3 N–H and O–H groups in total. The van der Waals surface area contributed by atoms with E-state index in [1.807, 2.05) is 30.3 Å². The van der Waals surface area contributed by atoms with Gasteiger partial charge >= 0.3 is 0 Å². The molecule has 1 unspecified atom stereocenters. The second-order valence-corrected chi connectivity index (χ2v) is 5.93. The average Bonchev–Trinajstić information content (AvgIpc) is 2.99. The summed E-state index contributed by atoms with van der Waals surface area (Å²) in [5.74, 6) is 0.639. The summed E-state index contributed by atoms with van der Waals surface area (Å²) in [6.45, 7) is 1.30. The van der Waals surface area contributed by atoms with Gasteiger partial charge in [-0.3, -0.25) is 4.79 Å². The van der Waals surface area contributed by atoms with Crippen LogP contribution in [-0.2, 0) is 11.3 Å². The Balaban J connectivity index is 1.54. The molecule has 4 nitrogen and oxygen atoms in total. The molecule has 2 rings (SSSR count). The van der Waals surface area contributed by atoms with Gasteiger partial charge in [-0.1, -0.05) is 56.0 Å². The van der Waals surface area contributed by atoms with Crippen LogP contribution in [0.1, 0.15) is 37.7 Å². The highest BCUT2D eigenvalue weighted by atomic mass is 16.3. The van der Waals surface area contributed by atoms with Crippen LogP contribution in [-0.4, -0.2) is 30.2 Å². The van der Waals surface area contributed by atoms with Crippen LogP contribution in [0.25, 0.3) is 0 Å². The number of nitrogens with one attached hydrogen (secondary N) is 2. The summed E-state index contributed by atoms with van der Waals surface area (Å²) < 4.78 is 0. The van der Waals surface area contributed by atoms with Crippen molar-refractivity contribution in [3.8, 4) is 0 Å². The van der Waals surface area contributed by atoms with Gasteiger partial charge in [0, 0.05) is 13.1 Å². The van der Waals surface area contributed by atoms with Crippen molar-refractivity contribution in [2.75, 3.05) is 13.1 Å². The number of aliphatic hydroxyl groups is 1. The normalized spacial score (nSPS) is 16.8. The predicted octanol–water partition coefficient (Wildman–Crippen LogP) is 1.83. The lowest BCUT2D eigenvalue weighted by Crippen LogP contribution is -2.37. The number of carbonyl (C=O) groups excluding carboxylic acids is 1. The molecule has 1 aliphatic rings. The number of hydrogen-bond acceptors (Lipinski definition) is 3. The van der Waals surface area contributed by atoms with E-state index < -0.39 is 0 Å². The third kappa shape index (κ3) is 6.27. The lowest BCUT2D eigenvalue weighted by molar-refractivity contribution is -0.120. The van der Waals surface area contributed by atoms with Crippen molar-refractivity contribution in [1.29, 1.82) is 0 Å². The maximum absolute atomic E-state index is 11.7. The summed E-state index contributed by atoms with van der Waals surface area (Å²) >= 11 is 0. The molecule has 1 amide bonds. The van der Waals surface area contributed by atoms with Crippen LogP contribution >= 0.6 is 0 Å². The lowest BCUT2D eigenvalue weighted by atomic mass is 10.0. The van der Waals surface area contributed by atoms with Crippen molar-refractivity contribution in [2.45, 2.75) is 44.8 Å². The van der Waals surface area contributed by atoms with Crippen LogP contribution in [0.2, 0.25) is 0 Å². The highest BCUT2D eigenvalue weighted by molar-refractivity contribution is 5.77. The van der Waals surface area contributed by atoms with Crippen LogP contribution in [0.15, 0.2) is 30.3 Å². The predicted molar refractivity (Wildman–Crippen MR) is 83.7 cm³/mol. The van der Waals surface area contributed by atoms with E-state index in [0.29, 0.717) is 19.0 Å². The molecule has 1 aromatic rings. The van der Waals surface area contributed by atoms with Crippen LogP contribution in [0.5, 0.6) is 0 Å². The van der Waals surface area contributed by atoms with Crippen molar-refractivity contribution in [3.63, 3.8) is 0 Å². The smallest absolute Gasteiger partial charge is 0.234 e. The summed E-state index contributed by atoms with van der Waals surface area (Å²) in [7, 11) is 0. The second kappa shape index (κ2) is 8.80. The zero-order valence-corrected chi connectivity index (χ0v) is 12.6. The summed E-state index contributed by atoms with van der Waals surface area (Å²) in [6.07, 6.45) is 5.61. The van der Waals surface area contributed by atoms with Gasteiger partial charge in [-0.2, -0.15) is 0 Å². The third-order valence-electron chi connectivity index (χ3n) is 4.08. The van der Waals surface area contributed by atoms with E-state index in [1.165, 1.54) is 25.7 Å². The Kier molecular flexibility index (Phi) is 6.70. The fraction of sp³-hybridized carbons (Fsp3) is 0.588. The molecule has 0 heterocycles. The van der Waals surface area contributed by atoms with E-state index in [-0.39, 0.29) is 18.6 Å². The number of rotatable bonds is 8. The molecule has 0 spiro atoms. The minimum Gasteiger partial charge on any atom is -0.392 e. The lowest BCUT2D eigenvalue weighted by Gasteiger charge is -2.15. The fourth-order valence-corrected chi connectivity index (χ4v) is 2.93. The van der Waals surface area contributed by atoms with E-state index in [0.717, 1.165) is 12.0 Å². The topological polar surface area (TPSA) is 61.4 Å². The van der Waals surface area contributed by atoms with Crippen LogP contribution in [0, 0.1) is 5.92 Å². The molecule has 1 atom stereocenters. The number of aliphatic hydroxyl groups excluding tert-OH is 1. The summed E-state index contributed by atoms with van der Waals surface area (Å²) in [5, 5.41) is 15.8. The van der Waals surface area contributed by atoms with E-state index >= 15 is 0 Å². The first-order chi connectivity index (χ1) is 10.2. The number of amides is 1. The quantitative estimate of drug-likeness (QED) is 0.684. The Morgan fingerprint density at radius 1 is 1.24 bits per heavy atom. The largest absolute Gasteiger partial charge is 0.392 e. The highest BCUT2D eigenvalue weighted by Gasteiger charge is 2.18. The first kappa shape index (κ1) is 16.0. The Morgan fingerprint density at radius 3 is 2.67 bits per heavy atom. The maximum atomic E-state index is 11.7. The molecular formula is C17H26N2O2. The van der Waals surface area contributed by atoms with Gasteiger partial charge in [0.25, 0.3) is 0 Å². The van der Waals surface area contributed by atoms with Crippen molar-refractivity contribution in [1.82, 2.24) is 10.6 Å². The molecule has 0 radical (unpaired) electrons. The molecule has 116 valence electrons. The number of benzene rings is 1. The Morgan fingerprint density at radius 2 is 1.95 bits per heavy atom. The minimum absolute atomic E-state index is 0.0353. The van der Waals surface area contributed by atoms with Gasteiger partial charge in [0.15, 0.2) is 0 Å². The fourth-order valence-electron chi connectivity index (χ4n) is 2.93. The summed E-state index contributed by atoms with van der Waals surface area (Å²) in [6, 6.07) is 9.84. The van der Waals surface area contributed by atoms with Crippen LogP contribution in [0.3, 0.4) is 0 Å². The monoisotopic (exact) mass is 290 g/mol. The van der Waals surface area contributed by atoms with E-state index in [1.54, 1.807) is 0 Å². The maximum Gasteiger partial charge on any atom is 0.234 e. The van der Waals surface area contributed by atoms with Gasteiger partial charge in [-0.05, 0) is 17.9 Å². The SMILES string of the molecule is O=C(CNCC(O)CC1CCCC1)NCc1ccccc1. The average molecular weight is 290 g/mol. The first-order valence-electron chi connectivity index (χ1n) is 7.93. The summed E-state index contributed by atoms with van der Waals surface area (Å²) in [4.78, 5) is 11.7. The molecule has 0 aromatic heterocycles. The zero-order valence-electron chi connectivity index (χ0n) is 12.6. The van der Waals surface area contributed by atoms with E-state index in [2.05, 4.69) is 10.6 Å². The van der Waals surface area contributed by atoms with Crippen molar-refractivity contribution >= 4 is 5.91 Å². The minimum atomic E-state index is -0.338. The van der Waals surface area contributed by atoms with E-state index in [9.17, 15) is 9.90 Å². The first-order valence-corrected chi connectivity index (χ1v) is 7.93. The number of carbonyl (C=O) groups is 1. The Labute approximate surface area is 126 Å². The van der Waals surface area contributed by atoms with Crippen LogP contribution in [0.4, 0.5) is 0 Å². The van der Waals surface area contributed by atoms with Gasteiger partial charge in [0.2, 0.25) is 5.91 Å². The molecule has 1 aromatic carbocycles. The Hall–Kier alpha value is -1.39. The van der Waals surface area contributed by atoms with Gasteiger partial charge in [0.1, 0.15) is 0 Å². The molecule has 0 bridgehead atoms. The molecular weight excluding hydrogens is 264 g/mol. The molecule has 1 aliphatic carbocycles. The van der Waals surface area contributed by atoms with Crippen molar-refractivity contribution in [2.24, 2.45) is 5.92 Å². The van der Waals surface area contributed by atoms with Gasteiger partial charge in [-0.15, -0.1) is 0 Å². The van der Waals surface area contributed by atoms with Gasteiger partial charge in [-0.25, -0.2) is 0 Å². The Bertz CT molecular complexity index is 416. The van der Waals surface area contributed by atoms with Gasteiger partial charge in [0.05, 0.1) is 12.6 Å². The molecule has 1 fully saturated rings. The second-order valence-electron chi connectivity index (χ2n) is 5.93. The molecule has 21 heavy (non-hydrogen) atoms.